The molecule has 0 aliphatic carbocycles. The molecule has 2 radical (unpaired) electrons. The second kappa shape index (κ2) is 4.35. The van der Waals surface area contributed by atoms with Crippen molar-refractivity contribution >= 4 is 13.3 Å². The maximum Gasteiger partial charge on any atom is 0.113 e. The minimum atomic E-state index is 0.885. The Morgan fingerprint density at radius 2 is 1.92 bits per heavy atom. The molecule has 0 unspecified atom stereocenters. The molecule has 1 rings (SSSR count). The molecule has 0 spiro atoms. The van der Waals surface area contributed by atoms with E-state index in [1.807, 2.05) is 6.07 Å². The summed E-state index contributed by atoms with van der Waals surface area (Å²) in [6, 6.07) is 6.22. The number of rotatable bonds is 3. The molecule has 1 heteroatoms. The van der Waals surface area contributed by atoms with Crippen molar-refractivity contribution < 1.29 is 0 Å². The van der Waals surface area contributed by atoms with Crippen LogP contribution in [0.15, 0.2) is 18.2 Å². The van der Waals surface area contributed by atoms with Gasteiger partial charge in [-0.05, 0) is 24.0 Å². The molecule has 0 aliphatic rings. The van der Waals surface area contributed by atoms with Crippen LogP contribution in [0, 0.1) is 0 Å². The summed E-state index contributed by atoms with van der Waals surface area (Å²) in [6.07, 6.45) is 3.44. The van der Waals surface area contributed by atoms with Gasteiger partial charge in [-0.15, -0.1) is 0 Å². The second-order valence-corrected chi connectivity index (χ2v) is 3.13. The fraction of sp³-hybridized carbons (Fsp3) is 0.455. The van der Waals surface area contributed by atoms with Crippen molar-refractivity contribution in [2.75, 3.05) is 0 Å². The lowest BCUT2D eigenvalue weighted by Gasteiger charge is -2.07. The lowest BCUT2D eigenvalue weighted by Crippen LogP contribution is -2.05. The van der Waals surface area contributed by atoms with Crippen molar-refractivity contribution in [2.24, 2.45) is 0 Å². The van der Waals surface area contributed by atoms with E-state index >= 15 is 0 Å². The molecule has 1 aromatic rings. The van der Waals surface area contributed by atoms with E-state index in [1.165, 1.54) is 17.5 Å². The van der Waals surface area contributed by atoms with Crippen LogP contribution in [0.5, 0.6) is 0 Å². The standard InChI is InChI=1S/C11H15B/c1-3-5-10-8-11(12)7-6-9(10)4-2/h6-8H,3-5H2,1-2H3. The van der Waals surface area contributed by atoms with Gasteiger partial charge in [0.1, 0.15) is 7.85 Å². The first-order valence-electron chi connectivity index (χ1n) is 4.65. The number of hydrogen-bond acceptors (Lipinski definition) is 0. The van der Waals surface area contributed by atoms with Crippen molar-refractivity contribution in [3.8, 4) is 0 Å². The summed E-state index contributed by atoms with van der Waals surface area (Å²) < 4.78 is 0. The summed E-state index contributed by atoms with van der Waals surface area (Å²) in [5, 5.41) is 0. The molecule has 0 aromatic heterocycles. The molecule has 0 fully saturated rings. The van der Waals surface area contributed by atoms with Crippen LogP contribution in [0.2, 0.25) is 0 Å². The molecule has 0 aliphatic heterocycles. The average molecular weight is 158 g/mol. The largest absolute Gasteiger partial charge is 0.113 e. The van der Waals surface area contributed by atoms with Gasteiger partial charge >= 0.3 is 0 Å². The summed E-state index contributed by atoms with van der Waals surface area (Å²) in [4.78, 5) is 0. The predicted molar refractivity (Wildman–Crippen MR) is 55.2 cm³/mol. The van der Waals surface area contributed by atoms with E-state index in [1.54, 1.807) is 0 Å². The highest BCUT2D eigenvalue weighted by Crippen LogP contribution is 2.09. The molecule has 0 nitrogen and oxygen atoms in total. The van der Waals surface area contributed by atoms with Crippen LogP contribution in [0.25, 0.3) is 0 Å². The van der Waals surface area contributed by atoms with E-state index in [0.717, 1.165) is 18.3 Å². The summed E-state index contributed by atoms with van der Waals surface area (Å²) in [6.45, 7) is 4.38. The van der Waals surface area contributed by atoms with Gasteiger partial charge in [0.25, 0.3) is 0 Å². The van der Waals surface area contributed by atoms with Gasteiger partial charge in [-0.2, -0.15) is 0 Å². The molecule has 12 heavy (non-hydrogen) atoms. The Kier molecular flexibility index (Phi) is 3.39. The third-order valence-electron chi connectivity index (χ3n) is 2.13. The Bertz CT molecular complexity index is 253. The predicted octanol–water partition coefficient (Wildman–Crippen LogP) is 2.00. The molecule has 0 heterocycles. The van der Waals surface area contributed by atoms with E-state index in [2.05, 4.69) is 26.0 Å². The first-order chi connectivity index (χ1) is 5.77. The van der Waals surface area contributed by atoms with Gasteiger partial charge in [0, 0.05) is 0 Å². The number of aryl methyl sites for hydroxylation is 2. The monoisotopic (exact) mass is 158 g/mol. The first kappa shape index (κ1) is 9.37. The lowest BCUT2D eigenvalue weighted by atomic mass is 9.90. The fourth-order valence-corrected chi connectivity index (χ4v) is 1.49. The smallest absolute Gasteiger partial charge is 0.0964 e. The quantitative estimate of drug-likeness (QED) is 0.590. The Morgan fingerprint density at radius 3 is 2.50 bits per heavy atom. The minimum Gasteiger partial charge on any atom is -0.0964 e. The third kappa shape index (κ3) is 2.13. The van der Waals surface area contributed by atoms with E-state index in [4.69, 9.17) is 7.85 Å². The highest BCUT2D eigenvalue weighted by molar-refractivity contribution is 6.32. The summed E-state index contributed by atoms with van der Waals surface area (Å²) in [5.74, 6) is 0. The zero-order valence-corrected chi connectivity index (χ0v) is 7.93. The Balaban J connectivity index is 2.95. The molecule has 0 amide bonds. The van der Waals surface area contributed by atoms with Crippen LogP contribution < -0.4 is 5.46 Å². The van der Waals surface area contributed by atoms with Crippen LogP contribution in [-0.4, -0.2) is 7.85 Å². The number of hydrogen-bond donors (Lipinski definition) is 0. The van der Waals surface area contributed by atoms with Crippen molar-refractivity contribution in [1.82, 2.24) is 0 Å². The van der Waals surface area contributed by atoms with Crippen molar-refractivity contribution in [1.29, 1.82) is 0 Å². The molecule has 0 saturated heterocycles. The van der Waals surface area contributed by atoms with Gasteiger partial charge in [0.05, 0.1) is 0 Å². The maximum absolute atomic E-state index is 5.71. The Morgan fingerprint density at radius 1 is 1.17 bits per heavy atom. The summed E-state index contributed by atoms with van der Waals surface area (Å²) in [7, 11) is 5.71. The molecular formula is C11H15B. The van der Waals surface area contributed by atoms with Crippen LogP contribution in [0.4, 0.5) is 0 Å². The van der Waals surface area contributed by atoms with Crippen LogP contribution in [-0.2, 0) is 12.8 Å². The summed E-state index contributed by atoms with van der Waals surface area (Å²) in [5.41, 5.74) is 3.74. The average Bonchev–Trinajstić information content (AvgIpc) is 2.05. The van der Waals surface area contributed by atoms with Gasteiger partial charge in [-0.1, -0.05) is 43.9 Å². The summed E-state index contributed by atoms with van der Waals surface area (Å²) >= 11 is 0. The molecule has 1 aromatic carbocycles. The van der Waals surface area contributed by atoms with E-state index in [0.29, 0.717) is 0 Å². The van der Waals surface area contributed by atoms with Gasteiger partial charge in [-0.25, -0.2) is 0 Å². The molecule has 0 atom stereocenters. The first-order valence-corrected chi connectivity index (χ1v) is 4.65. The molecule has 0 saturated carbocycles. The second-order valence-electron chi connectivity index (χ2n) is 3.13. The van der Waals surface area contributed by atoms with Gasteiger partial charge in [0.15, 0.2) is 0 Å². The minimum absolute atomic E-state index is 0.885. The van der Waals surface area contributed by atoms with Crippen molar-refractivity contribution in [2.45, 2.75) is 33.1 Å². The highest BCUT2D eigenvalue weighted by atomic mass is 14.0. The van der Waals surface area contributed by atoms with Gasteiger partial charge in [0.2, 0.25) is 0 Å². The van der Waals surface area contributed by atoms with Crippen LogP contribution in [0.3, 0.4) is 0 Å². The molecule has 62 valence electrons. The zero-order valence-electron chi connectivity index (χ0n) is 7.93. The molecule has 0 N–H and O–H groups in total. The van der Waals surface area contributed by atoms with E-state index in [9.17, 15) is 0 Å². The fourth-order valence-electron chi connectivity index (χ4n) is 1.49. The third-order valence-corrected chi connectivity index (χ3v) is 2.13. The van der Waals surface area contributed by atoms with Gasteiger partial charge in [-0.3, -0.25) is 0 Å². The van der Waals surface area contributed by atoms with Crippen LogP contribution in [0.1, 0.15) is 31.4 Å². The SMILES string of the molecule is [B]c1ccc(CC)c(CCC)c1. The maximum atomic E-state index is 5.71. The van der Waals surface area contributed by atoms with Crippen molar-refractivity contribution in [3.05, 3.63) is 29.3 Å². The molecular weight excluding hydrogens is 143 g/mol. The number of benzene rings is 1. The van der Waals surface area contributed by atoms with Gasteiger partial charge < -0.3 is 0 Å². The van der Waals surface area contributed by atoms with Crippen LogP contribution >= 0.6 is 0 Å². The zero-order chi connectivity index (χ0) is 8.97. The van der Waals surface area contributed by atoms with Crippen molar-refractivity contribution in [3.63, 3.8) is 0 Å². The van der Waals surface area contributed by atoms with E-state index < -0.39 is 0 Å². The lowest BCUT2D eigenvalue weighted by molar-refractivity contribution is 0.901. The highest BCUT2D eigenvalue weighted by Gasteiger charge is 1.98. The Labute approximate surface area is 76.4 Å². The Hall–Kier alpha value is -0.715. The topological polar surface area (TPSA) is 0 Å². The molecule has 0 bridgehead atoms. The van der Waals surface area contributed by atoms with E-state index in [-0.39, 0.29) is 0 Å². The normalized spacial score (nSPS) is 10.2.